The molecule has 31 heavy (non-hydrogen) atoms. The first-order valence-corrected chi connectivity index (χ1v) is 10.3. The van der Waals surface area contributed by atoms with Crippen molar-refractivity contribution >= 4 is 17.6 Å². The molecule has 2 aromatic carbocycles. The van der Waals surface area contributed by atoms with Gasteiger partial charge in [0.1, 0.15) is 11.5 Å². The Morgan fingerprint density at radius 2 is 1.74 bits per heavy atom. The summed E-state index contributed by atoms with van der Waals surface area (Å²) in [4.78, 5) is 25.2. The number of carbonyl (C=O) groups is 2. The highest BCUT2D eigenvalue weighted by Gasteiger charge is 2.29. The first-order chi connectivity index (χ1) is 14.9. The van der Waals surface area contributed by atoms with Crippen LogP contribution < -0.4 is 10.2 Å². The van der Waals surface area contributed by atoms with E-state index in [2.05, 4.69) is 10.5 Å². The molecule has 0 radical (unpaired) electrons. The van der Waals surface area contributed by atoms with Crippen LogP contribution in [-0.4, -0.2) is 17.6 Å². The molecule has 0 spiro atoms. The predicted octanol–water partition coefficient (Wildman–Crippen LogP) is 4.89. The summed E-state index contributed by atoms with van der Waals surface area (Å²) in [5.41, 5.74) is 7.36. The average Bonchev–Trinajstić information content (AvgIpc) is 3.11. The number of aryl methyl sites for hydroxylation is 3. The minimum atomic E-state index is -0.543. The fraction of sp³-hybridized carbons (Fsp3) is 0.240. The Morgan fingerprint density at radius 3 is 2.48 bits per heavy atom. The number of hydrogen-bond acceptors (Lipinski definition) is 5. The lowest BCUT2D eigenvalue weighted by Gasteiger charge is -2.13. The Balaban J connectivity index is 1.57. The number of hydrogen-bond donors (Lipinski definition) is 1. The van der Waals surface area contributed by atoms with Crippen LogP contribution in [0.1, 0.15) is 61.8 Å². The molecular weight excluding hydrogens is 392 g/mol. The number of rotatable bonds is 4. The van der Waals surface area contributed by atoms with Crippen molar-refractivity contribution in [2.75, 3.05) is 0 Å². The van der Waals surface area contributed by atoms with E-state index in [0.717, 1.165) is 23.1 Å². The molecule has 1 amide bonds. The largest absolute Gasteiger partial charge is 0.453 e. The molecule has 158 valence electrons. The first kappa shape index (κ1) is 20.6. The highest BCUT2D eigenvalue weighted by Crippen LogP contribution is 2.30. The van der Waals surface area contributed by atoms with Gasteiger partial charge in [0.2, 0.25) is 5.76 Å². The van der Waals surface area contributed by atoms with E-state index in [-0.39, 0.29) is 11.7 Å². The summed E-state index contributed by atoms with van der Waals surface area (Å²) < 4.78 is 11.3. The van der Waals surface area contributed by atoms with Gasteiger partial charge in [-0.15, -0.1) is 0 Å². The lowest BCUT2D eigenvalue weighted by molar-refractivity contribution is 0.0698. The normalized spacial score (nSPS) is 14.2. The third-order valence-corrected chi connectivity index (χ3v) is 5.42. The van der Waals surface area contributed by atoms with Gasteiger partial charge in [0.15, 0.2) is 0 Å². The van der Waals surface area contributed by atoms with Crippen molar-refractivity contribution < 1.29 is 18.7 Å². The second-order valence-electron chi connectivity index (χ2n) is 7.72. The van der Waals surface area contributed by atoms with Crippen LogP contribution in [0.5, 0.6) is 5.75 Å². The number of amides is 1. The number of hydrazone groups is 1. The van der Waals surface area contributed by atoms with Crippen molar-refractivity contribution in [2.45, 2.75) is 40.0 Å². The number of ether oxygens (including phenoxy) is 1. The van der Waals surface area contributed by atoms with Gasteiger partial charge in [-0.3, -0.25) is 4.79 Å². The molecule has 1 aliphatic rings. The van der Waals surface area contributed by atoms with Gasteiger partial charge in [-0.05, 0) is 57.4 Å². The van der Waals surface area contributed by atoms with E-state index in [0.29, 0.717) is 41.2 Å². The smallest absolute Gasteiger partial charge is 0.379 e. The van der Waals surface area contributed by atoms with Crippen molar-refractivity contribution in [3.63, 3.8) is 0 Å². The molecule has 0 saturated carbocycles. The van der Waals surface area contributed by atoms with Gasteiger partial charge in [0, 0.05) is 23.1 Å². The van der Waals surface area contributed by atoms with Gasteiger partial charge < -0.3 is 9.15 Å². The Bertz CT molecular complexity index is 1170. The molecule has 0 fully saturated rings. The van der Waals surface area contributed by atoms with Gasteiger partial charge in [0.25, 0.3) is 5.91 Å². The van der Waals surface area contributed by atoms with Crippen LogP contribution in [0, 0.1) is 20.8 Å². The van der Waals surface area contributed by atoms with E-state index in [1.54, 1.807) is 18.2 Å². The second-order valence-corrected chi connectivity index (χ2v) is 7.72. The number of nitrogens with zero attached hydrogens (tertiary/aromatic N) is 1. The molecule has 1 heterocycles. The molecule has 0 bridgehead atoms. The van der Waals surface area contributed by atoms with E-state index in [4.69, 9.17) is 9.15 Å². The van der Waals surface area contributed by atoms with Crippen molar-refractivity contribution in [1.29, 1.82) is 0 Å². The summed E-state index contributed by atoms with van der Waals surface area (Å²) in [5, 5.41) is 4.37. The maximum Gasteiger partial charge on any atom is 0.379 e. The zero-order chi connectivity index (χ0) is 22.0. The lowest BCUT2D eigenvalue weighted by atomic mass is 9.93. The van der Waals surface area contributed by atoms with E-state index < -0.39 is 5.97 Å². The minimum Gasteiger partial charge on any atom is -0.453 e. The SMILES string of the molecule is Cc1ccc(OC(=O)c2oc3c(c2C)/C(=N/NC(=O)c2ccccc2C)CCC3)cc1. The summed E-state index contributed by atoms with van der Waals surface area (Å²) in [5.74, 6) is 0.523. The highest BCUT2D eigenvalue weighted by atomic mass is 16.5. The van der Waals surface area contributed by atoms with Crippen molar-refractivity contribution in [3.8, 4) is 5.75 Å². The van der Waals surface area contributed by atoms with Crippen LogP contribution in [0.4, 0.5) is 0 Å². The molecule has 0 atom stereocenters. The molecule has 0 aliphatic heterocycles. The molecule has 4 rings (SSSR count). The summed E-state index contributed by atoms with van der Waals surface area (Å²) in [6.45, 7) is 5.67. The Labute approximate surface area is 180 Å². The van der Waals surface area contributed by atoms with Crippen molar-refractivity contribution in [1.82, 2.24) is 5.43 Å². The number of esters is 1. The van der Waals surface area contributed by atoms with Crippen LogP contribution in [0.3, 0.4) is 0 Å². The quantitative estimate of drug-likeness (QED) is 0.373. The van der Waals surface area contributed by atoms with Gasteiger partial charge in [-0.1, -0.05) is 35.9 Å². The minimum absolute atomic E-state index is 0.172. The lowest BCUT2D eigenvalue weighted by Crippen LogP contribution is -2.22. The van der Waals surface area contributed by atoms with Crippen LogP contribution in [-0.2, 0) is 6.42 Å². The number of nitrogens with one attached hydrogen (secondary N) is 1. The molecule has 6 heteroatoms. The zero-order valence-electron chi connectivity index (χ0n) is 17.8. The third-order valence-electron chi connectivity index (χ3n) is 5.42. The fourth-order valence-corrected chi connectivity index (χ4v) is 3.74. The number of carbonyl (C=O) groups excluding carboxylic acids is 2. The summed E-state index contributed by atoms with van der Waals surface area (Å²) >= 11 is 0. The highest BCUT2D eigenvalue weighted by molar-refractivity contribution is 6.07. The first-order valence-electron chi connectivity index (χ1n) is 10.3. The zero-order valence-corrected chi connectivity index (χ0v) is 17.8. The Kier molecular flexibility index (Phi) is 5.71. The van der Waals surface area contributed by atoms with E-state index in [1.165, 1.54) is 0 Å². The monoisotopic (exact) mass is 416 g/mol. The van der Waals surface area contributed by atoms with Crippen LogP contribution >= 0.6 is 0 Å². The molecule has 1 N–H and O–H groups in total. The fourth-order valence-electron chi connectivity index (χ4n) is 3.74. The maximum atomic E-state index is 12.7. The number of benzene rings is 2. The maximum absolute atomic E-state index is 12.7. The van der Waals surface area contributed by atoms with Gasteiger partial charge in [-0.2, -0.15) is 5.10 Å². The van der Waals surface area contributed by atoms with E-state index in [9.17, 15) is 9.59 Å². The molecule has 1 aliphatic carbocycles. The van der Waals surface area contributed by atoms with Gasteiger partial charge in [0.05, 0.1) is 5.71 Å². The van der Waals surface area contributed by atoms with Crippen LogP contribution in [0.25, 0.3) is 0 Å². The second kappa shape index (κ2) is 8.60. The summed E-state index contributed by atoms with van der Waals surface area (Å²) in [7, 11) is 0. The Morgan fingerprint density at radius 1 is 1.00 bits per heavy atom. The molecule has 0 unspecified atom stereocenters. The Hall–Kier alpha value is -3.67. The molecule has 6 nitrogen and oxygen atoms in total. The molecule has 0 saturated heterocycles. The molecular formula is C25H24N2O4. The third kappa shape index (κ3) is 4.28. The van der Waals surface area contributed by atoms with E-state index in [1.807, 2.05) is 51.1 Å². The number of fused-ring (bicyclic) bond motifs is 1. The van der Waals surface area contributed by atoms with Crippen LogP contribution in [0.2, 0.25) is 0 Å². The molecule has 1 aromatic heterocycles. The average molecular weight is 416 g/mol. The summed E-state index contributed by atoms with van der Waals surface area (Å²) in [6.07, 6.45) is 2.22. The molecule has 3 aromatic rings. The predicted molar refractivity (Wildman–Crippen MR) is 118 cm³/mol. The van der Waals surface area contributed by atoms with E-state index >= 15 is 0 Å². The van der Waals surface area contributed by atoms with Crippen molar-refractivity contribution in [3.05, 3.63) is 87.9 Å². The van der Waals surface area contributed by atoms with Crippen LogP contribution in [0.15, 0.2) is 58.0 Å². The van der Waals surface area contributed by atoms with Crippen molar-refractivity contribution in [2.24, 2.45) is 5.10 Å². The van der Waals surface area contributed by atoms with Gasteiger partial charge in [-0.25, -0.2) is 10.2 Å². The van der Waals surface area contributed by atoms with Gasteiger partial charge >= 0.3 is 5.97 Å². The summed E-state index contributed by atoms with van der Waals surface area (Å²) in [6, 6.07) is 14.6. The standard InChI is InChI=1S/C25H24N2O4/c1-15-11-13-18(14-12-15)30-25(29)23-17(3)22-20(9-6-10-21(22)31-23)26-27-24(28)19-8-5-4-7-16(19)2/h4-5,7-8,11-14H,6,9-10H2,1-3H3,(H,27,28)/b26-20+. The topological polar surface area (TPSA) is 80.9 Å². The number of furan rings is 1.